The molecule has 2 saturated carbocycles. The van der Waals surface area contributed by atoms with Crippen molar-refractivity contribution < 1.29 is 4.74 Å². The zero-order valence-corrected chi connectivity index (χ0v) is 13.0. The van der Waals surface area contributed by atoms with Crippen molar-refractivity contribution in [3.63, 3.8) is 0 Å². The molecule has 0 bridgehead atoms. The lowest BCUT2D eigenvalue weighted by Crippen LogP contribution is -2.52. The highest BCUT2D eigenvalue weighted by Gasteiger charge is 2.36. The standard InChI is InChI=1S/C16H22BrNO/c1-2-19-16-9-15(10-16)18-14-7-12(8-14)11-4-3-5-13(17)6-11/h3-6,12,14-16,18H,2,7-10H2,1H3. The van der Waals surface area contributed by atoms with E-state index >= 15 is 0 Å². The van der Waals surface area contributed by atoms with E-state index in [0.717, 1.165) is 18.6 Å². The van der Waals surface area contributed by atoms with Gasteiger partial charge in [-0.15, -0.1) is 0 Å². The number of nitrogens with one attached hydrogen (secondary N) is 1. The molecule has 0 spiro atoms. The van der Waals surface area contributed by atoms with Gasteiger partial charge >= 0.3 is 0 Å². The average Bonchev–Trinajstić information content (AvgIpc) is 2.29. The van der Waals surface area contributed by atoms with Gasteiger partial charge in [0.2, 0.25) is 0 Å². The maximum Gasteiger partial charge on any atom is 0.0604 e. The van der Waals surface area contributed by atoms with E-state index in [1.165, 1.54) is 35.7 Å². The van der Waals surface area contributed by atoms with Gasteiger partial charge in [-0.3, -0.25) is 0 Å². The highest BCUT2D eigenvalue weighted by atomic mass is 79.9. The molecule has 3 rings (SSSR count). The molecular weight excluding hydrogens is 302 g/mol. The molecule has 19 heavy (non-hydrogen) atoms. The minimum absolute atomic E-state index is 0.517. The fraction of sp³-hybridized carbons (Fsp3) is 0.625. The summed E-state index contributed by atoms with van der Waals surface area (Å²) >= 11 is 3.55. The van der Waals surface area contributed by atoms with Crippen molar-refractivity contribution >= 4 is 15.9 Å². The lowest BCUT2D eigenvalue weighted by atomic mass is 9.74. The summed E-state index contributed by atoms with van der Waals surface area (Å²) in [7, 11) is 0. The van der Waals surface area contributed by atoms with Crippen LogP contribution in [0.2, 0.25) is 0 Å². The van der Waals surface area contributed by atoms with Crippen LogP contribution in [0.3, 0.4) is 0 Å². The second kappa shape index (κ2) is 5.94. The Morgan fingerprint density at radius 1 is 1.21 bits per heavy atom. The molecule has 0 aromatic heterocycles. The van der Waals surface area contributed by atoms with Crippen molar-refractivity contribution in [1.82, 2.24) is 5.32 Å². The predicted molar refractivity (Wildman–Crippen MR) is 81.5 cm³/mol. The number of benzene rings is 1. The molecule has 1 N–H and O–H groups in total. The van der Waals surface area contributed by atoms with Crippen LogP contribution in [0.25, 0.3) is 0 Å². The second-order valence-corrected chi connectivity index (χ2v) is 6.75. The van der Waals surface area contributed by atoms with Crippen LogP contribution in [0.4, 0.5) is 0 Å². The quantitative estimate of drug-likeness (QED) is 0.888. The number of hydrogen-bond acceptors (Lipinski definition) is 2. The van der Waals surface area contributed by atoms with Gasteiger partial charge in [0.05, 0.1) is 6.10 Å². The van der Waals surface area contributed by atoms with E-state index in [1.807, 2.05) is 0 Å². The van der Waals surface area contributed by atoms with Crippen molar-refractivity contribution in [2.75, 3.05) is 6.61 Å². The Labute approximate surface area is 124 Å². The van der Waals surface area contributed by atoms with Gasteiger partial charge in [-0.2, -0.15) is 0 Å². The molecule has 0 unspecified atom stereocenters. The summed E-state index contributed by atoms with van der Waals surface area (Å²) in [5.74, 6) is 0.748. The second-order valence-electron chi connectivity index (χ2n) is 5.83. The maximum atomic E-state index is 5.60. The van der Waals surface area contributed by atoms with Gasteiger partial charge in [-0.25, -0.2) is 0 Å². The molecule has 0 heterocycles. The van der Waals surface area contributed by atoms with Crippen LogP contribution in [0.15, 0.2) is 28.7 Å². The van der Waals surface area contributed by atoms with E-state index in [-0.39, 0.29) is 0 Å². The van der Waals surface area contributed by atoms with Crippen LogP contribution >= 0.6 is 15.9 Å². The SMILES string of the molecule is CCOC1CC(NC2CC(c3cccc(Br)c3)C2)C1. The summed E-state index contributed by atoms with van der Waals surface area (Å²) in [6, 6.07) is 10.2. The van der Waals surface area contributed by atoms with Gasteiger partial charge in [-0.1, -0.05) is 28.1 Å². The summed E-state index contributed by atoms with van der Waals surface area (Å²) in [6.45, 7) is 2.93. The van der Waals surface area contributed by atoms with Crippen molar-refractivity contribution in [2.45, 2.75) is 56.7 Å². The zero-order valence-electron chi connectivity index (χ0n) is 11.4. The molecule has 3 heteroatoms. The van der Waals surface area contributed by atoms with Gasteiger partial charge < -0.3 is 10.1 Å². The number of ether oxygens (including phenoxy) is 1. The normalized spacial score (nSPS) is 33.6. The van der Waals surface area contributed by atoms with Gasteiger partial charge in [0, 0.05) is 23.2 Å². The third-order valence-corrected chi connectivity index (χ3v) is 4.92. The molecule has 104 valence electrons. The molecular formula is C16H22BrNO. The van der Waals surface area contributed by atoms with Crippen molar-refractivity contribution in [3.05, 3.63) is 34.3 Å². The summed E-state index contributed by atoms with van der Waals surface area (Å²) in [5, 5.41) is 3.76. The first-order valence-corrected chi connectivity index (χ1v) is 8.17. The van der Waals surface area contributed by atoms with Crippen LogP contribution in [0, 0.1) is 0 Å². The molecule has 0 atom stereocenters. The average molecular weight is 324 g/mol. The van der Waals surface area contributed by atoms with Crippen molar-refractivity contribution in [3.8, 4) is 0 Å². The largest absolute Gasteiger partial charge is 0.378 e. The zero-order chi connectivity index (χ0) is 13.2. The minimum Gasteiger partial charge on any atom is -0.378 e. The first-order chi connectivity index (χ1) is 9.24. The topological polar surface area (TPSA) is 21.3 Å². The lowest BCUT2D eigenvalue weighted by molar-refractivity contribution is -0.0154. The van der Waals surface area contributed by atoms with Gasteiger partial charge in [0.15, 0.2) is 0 Å². The van der Waals surface area contributed by atoms with E-state index in [1.54, 1.807) is 0 Å². The number of hydrogen-bond donors (Lipinski definition) is 1. The van der Waals surface area contributed by atoms with Crippen LogP contribution < -0.4 is 5.32 Å². The fourth-order valence-corrected chi connectivity index (χ4v) is 3.61. The van der Waals surface area contributed by atoms with Crippen molar-refractivity contribution in [1.29, 1.82) is 0 Å². The Balaban J connectivity index is 1.39. The molecule has 0 aliphatic heterocycles. The highest BCUT2D eigenvalue weighted by molar-refractivity contribution is 9.10. The molecule has 1 aromatic carbocycles. The van der Waals surface area contributed by atoms with Crippen LogP contribution in [-0.4, -0.2) is 24.8 Å². The molecule has 0 radical (unpaired) electrons. The summed E-state index contributed by atoms with van der Waals surface area (Å²) in [4.78, 5) is 0. The summed E-state index contributed by atoms with van der Waals surface area (Å²) in [5.41, 5.74) is 1.48. The van der Waals surface area contributed by atoms with Gasteiger partial charge in [0.25, 0.3) is 0 Å². The molecule has 2 aliphatic carbocycles. The lowest BCUT2D eigenvalue weighted by Gasteiger charge is -2.43. The Morgan fingerprint density at radius 2 is 1.95 bits per heavy atom. The Kier molecular flexibility index (Phi) is 4.25. The predicted octanol–water partition coefficient (Wildman–Crippen LogP) is 3.85. The van der Waals surface area contributed by atoms with E-state index in [9.17, 15) is 0 Å². The third-order valence-electron chi connectivity index (χ3n) is 4.43. The van der Waals surface area contributed by atoms with E-state index < -0.39 is 0 Å². The Morgan fingerprint density at radius 3 is 2.63 bits per heavy atom. The fourth-order valence-electron chi connectivity index (χ4n) is 3.19. The third kappa shape index (κ3) is 3.21. The van der Waals surface area contributed by atoms with E-state index in [2.05, 4.69) is 52.4 Å². The summed E-state index contributed by atoms with van der Waals surface area (Å²) < 4.78 is 6.79. The smallest absolute Gasteiger partial charge is 0.0604 e. The number of halogens is 1. The first kappa shape index (κ1) is 13.6. The van der Waals surface area contributed by atoms with Crippen LogP contribution in [0.1, 0.15) is 44.1 Å². The van der Waals surface area contributed by atoms with Gasteiger partial charge in [0.1, 0.15) is 0 Å². The van der Waals surface area contributed by atoms with Gasteiger partial charge in [-0.05, 0) is 56.2 Å². The highest BCUT2D eigenvalue weighted by Crippen LogP contribution is 2.39. The summed E-state index contributed by atoms with van der Waals surface area (Å²) in [6.07, 6.45) is 5.49. The first-order valence-electron chi connectivity index (χ1n) is 7.37. The molecule has 0 amide bonds. The molecule has 2 aliphatic rings. The van der Waals surface area contributed by atoms with Crippen molar-refractivity contribution in [2.24, 2.45) is 0 Å². The molecule has 0 saturated heterocycles. The van der Waals surface area contributed by atoms with Crippen LogP contribution in [0.5, 0.6) is 0 Å². The molecule has 2 nitrogen and oxygen atoms in total. The Hall–Kier alpha value is -0.380. The maximum absolute atomic E-state index is 5.60. The van der Waals surface area contributed by atoms with Crippen LogP contribution in [-0.2, 0) is 4.74 Å². The van der Waals surface area contributed by atoms with E-state index in [0.29, 0.717) is 12.1 Å². The molecule has 1 aromatic rings. The monoisotopic (exact) mass is 323 g/mol. The minimum atomic E-state index is 0.517. The number of rotatable bonds is 5. The molecule has 2 fully saturated rings. The van der Waals surface area contributed by atoms with E-state index in [4.69, 9.17) is 4.74 Å². The Bertz CT molecular complexity index is 425.